The normalized spacial score (nSPS) is 19.9. The Morgan fingerprint density at radius 1 is 1.28 bits per heavy atom. The van der Waals surface area contributed by atoms with E-state index in [1.165, 1.54) is 35.6 Å². The minimum Gasteiger partial charge on any atom is -0.347 e. The number of rotatable bonds is 8. The molecule has 1 aromatic carbocycles. The Morgan fingerprint density at radius 2 is 2.00 bits per heavy atom. The Balaban J connectivity index is 1.78. The topological polar surface area (TPSA) is 78.5 Å². The van der Waals surface area contributed by atoms with Crippen LogP contribution in [0.2, 0.25) is 0 Å². The molecule has 0 aliphatic carbocycles. The van der Waals surface area contributed by atoms with Crippen LogP contribution >= 0.6 is 11.3 Å². The summed E-state index contributed by atoms with van der Waals surface area (Å²) in [6, 6.07) is 8.51. The number of urea groups is 1. The lowest BCUT2D eigenvalue weighted by molar-refractivity contribution is -0.135. The van der Waals surface area contributed by atoms with Gasteiger partial charge in [-0.1, -0.05) is 38.0 Å². The van der Waals surface area contributed by atoms with Crippen LogP contribution in [0.3, 0.4) is 0 Å². The number of nitrogens with zero attached hydrogens (tertiary/aromatic N) is 1. The number of imide groups is 1. The summed E-state index contributed by atoms with van der Waals surface area (Å²) in [4.78, 5) is 40.2. The van der Waals surface area contributed by atoms with E-state index < -0.39 is 29.2 Å². The van der Waals surface area contributed by atoms with Crippen LogP contribution < -0.4 is 10.6 Å². The average Bonchev–Trinajstić information content (AvgIpc) is 3.31. The third kappa shape index (κ3) is 4.32. The molecule has 2 atom stereocenters. The zero-order valence-corrected chi connectivity index (χ0v) is 17.2. The fourth-order valence-corrected chi connectivity index (χ4v) is 4.23. The molecule has 2 aromatic rings. The fraction of sp³-hybridized carbons (Fsp3) is 0.381. The van der Waals surface area contributed by atoms with Gasteiger partial charge < -0.3 is 10.6 Å². The molecule has 0 saturated carbocycles. The second-order valence-corrected chi connectivity index (χ2v) is 8.12. The first kappa shape index (κ1) is 21.0. The number of hydrogen-bond acceptors (Lipinski definition) is 4. The number of carbonyl (C=O) groups is 3. The van der Waals surface area contributed by atoms with Crippen molar-refractivity contribution in [3.05, 3.63) is 58.0 Å². The molecular weight excluding hydrogens is 393 g/mol. The maximum atomic E-state index is 13.4. The Hall–Kier alpha value is -2.74. The number of thiophene rings is 1. The van der Waals surface area contributed by atoms with Crippen LogP contribution in [0.1, 0.15) is 49.6 Å². The summed E-state index contributed by atoms with van der Waals surface area (Å²) in [6.07, 6.45) is 1.90. The van der Waals surface area contributed by atoms with E-state index in [2.05, 4.69) is 10.6 Å². The molecule has 1 aliphatic rings. The smallest absolute Gasteiger partial charge is 0.325 e. The Bertz CT molecular complexity index is 885. The van der Waals surface area contributed by atoms with Gasteiger partial charge in [-0.2, -0.15) is 0 Å². The van der Waals surface area contributed by atoms with Gasteiger partial charge >= 0.3 is 6.03 Å². The summed E-state index contributed by atoms with van der Waals surface area (Å²) in [5.74, 6) is -1.32. The van der Waals surface area contributed by atoms with Gasteiger partial charge in [0.2, 0.25) is 5.91 Å². The molecule has 2 N–H and O–H groups in total. The van der Waals surface area contributed by atoms with E-state index in [0.717, 1.165) is 16.2 Å². The van der Waals surface area contributed by atoms with Crippen molar-refractivity contribution in [3.8, 4) is 0 Å². The first-order valence-corrected chi connectivity index (χ1v) is 10.5. The zero-order valence-electron chi connectivity index (χ0n) is 16.4. The second-order valence-electron chi connectivity index (χ2n) is 7.14. The van der Waals surface area contributed by atoms with Gasteiger partial charge in [-0.05, 0) is 42.5 Å². The molecule has 1 aliphatic heterocycles. The van der Waals surface area contributed by atoms with Crippen molar-refractivity contribution in [2.45, 2.75) is 44.7 Å². The summed E-state index contributed by atoms with van der Waals surface area (Å²) >= 11 is 1.52. The van der Waals surface area contributed by atoms with Crippen LogP contribution in [-0.4, -0.2) is 29.3 Å². The van der Waals surface area contributed by atoms with E-state index in [9.17, 15) is 18.8 Å². The van der Waals surface area contributed by atoms with E-state index in [1.807, 2.05) is 31.4 Å². The largest absolute Gasteiger partial charge is 0.347 e. The number of unbranched alkanes of at least 4 members (excludes halogenated alkanes) is 1. The summed E-state index contributed by atoms with van der Waals surface area (Å²) < 4.78 is 13.4. The molecule has 1 aromatic heterocycles. The van der Waals surface area contributed by atoms with E-state index in [0.29, 0.717) is 18.4 Å². The summed E-state index contributed by atoms with van der Waals surface area (Å²) in [7, 11) is 0. The van der Waals surface area contributed by atoms with Crippen LogP contribution in [0.15, 0.2) is 41.8 Å². The number of halogens is 1. The highest BCUT2D eigenvalue weighted by Gasteiger charge is 2.52. The highest BCUT2D eigenvalue weighted by molar-refractivity contribution is 7.10. The van der Waals surface area contributed by atoms with Gasteiger partial charge in [0.05, 0.1) is 6.04 Å². The average molecular weight is 418 g/mol. The summed E-state index contributed by atoms with van der Waals surface area (Å²) in [6.45, 7) is 3.46. The first-order chi connectivity index (χ1) is 13.9. The molecule has 1 fully saturated rings. The molecule has 8 heteroatoms. The van der Waals surface area contributed by atoms with Crippen molar-refractivity contribution in [2.24, 2.45) is 0 Å². The van der Waals surface area contributed by atoms with Crippen LogP contribution in [0.4, 0.5) is 9.18 Å². The number of benzene rings is 1. The maximum absolute atomic E-state index is 13.4. The van der Waals surface area contributed by atoms with Gasteiger partial charge in [0.25, 0.3) is 5.91 Å². The summed E-state index contributed by atoms with van der Waals surface area (Å²) in [5, 5.41) is 7.49. The van der Waals surface area contributed by atoms with Crippen LogP contribution in [-0.2, 0) is 15.1 Å². The molecule has 0 radical (unpaired) electrons. The van der Waals surface area contributed by atoms with E-state index in [1.54, 1.807) is 0 Å². The van der Waals surface area contributed by atoms with Crippen LogP contribution in [0, 0.1) is 5.82 Å². The molecule has 0 bridgehead atoms. The number of hydrogen-bond donors (Lipinski definition) is 2. The monoisotopic (exact) mass is 417 g/mol. The lowest BCUT2D eigenvalue weighted by Crippen LogP contribution is -2.45. The molecule has 0 spiro atoms. The highest BCUT2D eigenvalue weighted by Crippen LogP contribution is 2.34. The van der Waals surface area contributed by atoms with Crippen LogP contribution in [0.25, 0.3) is 0 Å². The van der Waals surface area contributed by atoms with Gasteiger partial charge in [-0.15, -0.1) is 11.3 Å². The van der Waals surface area contributed by atoms with Gasteiger partial charge in [0.1, 0.15) is 17.9 Å². The van der Waals surface area contributed by atoms with Crippen molar-refractivity contribution in [1.29, 1.82) is 0 Å². The second kappa shape index (κ2) is 8.73. The predicted octanol–water partition coefficient (Wildman–Crippen LogP) is 3.70. The predicted molar refractivity (Wildman–Crippen MR) is 109 cm³/mol. The number of nitrogens with one attached hydrogen (secondary N) is 2. The molecule has 29 heavy (non-hydrogen) atoms. The van der Waals surface area contributed by atoms with Crippen molar-refractivity contribution in [1.82, 2.24) is 15.5 Å². The first-order valence-electron chi connectivity index (χ1n) is 9.60. The number of carbonyl (C=O) groups excluding carboxylic acids is 3. The van der Waals surface area contributed by atoms with Gasteiger partial charge in [-0.25, -0.2) is 9.18 Å². The molecule has 154 valence electrons. The molecule has 0 unspecified atom stereocenters. The van der Waals surface area contributed by atoms with Crippen molar-refractivity contribution < 1.29 is 18.8 Å². The Labute approximate surface area is 173 Å². The molecule has 1 saturated heterocycles. The fourth-order valence-electron chi connectivity index (χ4n) is 3.49. The van der Waals surface area contributed by atoms with Gasteiger partial charge in [0.15, 0.2) is 0 Å². The van der Waals surface area contributed by atoms with E-state index >= 15 is 0 Å². The molecule has 3 rings (SSSR count). The van der Waals surface area contributed by atoms with E-state index in [4.69, 9.17) is 0 Å². The minimum absolute atomic E-state index is 0.217. The third-order valence-corrected chi connectivity index (χ3v) is 6.12. The minimum atomic E-state index is -1.28. The van der Waals surface area contributed by atoms with E-state index in [-0.39, 0.29) is 12.6 Å². The molecule has 4 amide bonds. The maximum Gasteiger partial charge on any atom is 0.325 e. The van der Waals surface area contributed by atoms with Crippen molar-refractivity contribution in [2.75, 3.05) is 6.54 Å². The van der Waals surface area contributed by atoms with Crippen molar-refractivity contribution >= 4 is 29.2 Å². The van der Waals surface area contributed by atoms with Gasteiger partial charge in [0, 0.05) is 4.88 Å². The quantitative estimate of drug-likeness (QED) is 0.643. The van der Waals surface area contributed by atoms with Crippen molar-refractivity contribution in [3.63, 3.8) is 0 Å². The lowest BCUT2D eigenvalue weighted by Gasteiger charge is -2.27. The Morgan fingerprint density at radius 3 is 2.62 bits per heavy atom. The number of amides is 4. The molecular formula is C21H24FN3O3S. The molecule has 6 nitrogen and oxygen atoms in total. The lowest BCUT2D eigenvalue weighted by atomic mass is 9.85. The highest BCUT2D eigenvalue weighted by atomic mass is 32.1. The van der Waals surface area contributed by atoms with Gasteiger partial charge in [-0.3, -0.25) is 14.5 Å². The summed E-state index contributed by atoms with van der Waals surface area (Å²) in [5.41, 5.74) is -0.763. The standard InChI is InChI=1S/C21H24FN3O3S/c1-3-4-11-21(15-7-9-16(22)10-8-15)19(27)25(20(28)24-21)13-18(26)23-14(2)17-6-5-12-29-17/h5-10,12,14H,3-4,11,13H2,1-2H3,(H,23,26)(H,24,28)/t14-,21+/m1/s1. The van der Waals surface area contributed by atoms with Crippen LogP contribution in [0.5, 0.6) is 0 Å². The third-order valence-electron chi connectivity index (χ3n) is 5.07. The molecule has 2 heterocycles. The zero-order chi connectivity index (χ0) is 21.0. The Kier molecular flexibility index (Phi) is 6.32. The SMILES string of the molecule is CCCC[C@@]1(c2ccc(F)cc2)NC(=O)N(CC(=O)N[C@H](C)c2cccs2)C1=O.